The van der Waals surface area contributed by atoms with Crippen molar-refractivity contribution in [3.63, 3.8) is 0 Å². The summed E-state index contributed by atoms with van der Waals surface area (Å²) in [6.07, 6.45) is 10.8. The average Bonchev–Trinajstić information content (AvgIpc) is 3.93. The van der Waals surface area contributed by atoms with Crippen LogP contribution < -0.4 is 25.8 Å². The highest BCUT2D eigenvalue weighted by Gasteiger charge is 2.38. The van der Waals surface area contributed by atoms with Crippen molar-refractivity contribution >= 4 is 52.1 Å². The monoisotopic (exact) mass is 750 g/mol. The molecular formula is C42H51FN8O4. The number of rotatable bonds is 9. The molecule has 290 valence electrons. The van der Waals surface area contributed by atoms with E-state index in [9.17, 15) is 19.2 Å². The number of benzene rings is 2. The number of aromatic nitrogens is 2. The lowest BCUT2D eigenvalue weighted by Crippen LogP contribution is -2.47. The van der Waals surface area contributed by atoms with E-state index in [0.29, 0.717) is 43.1 Å². The summed E-state index contributed by atoms with van der Waals surface area (Å²) in [6, 6.07) is 15.3. The van der Waals surface area contributed by atoms with Gasteiger partial charge in [-0.05, 0) is 100 Å². The molecule has 4 aliphatic rings. The fraction of sp³-hybridized carbons (Fsp3) is 0.452. The number of aldehydes is 1. The van der Waals surface area contributed by atoms with Gasteiger partial charge in [-0.15, -0.1) is 0 Å². The minimum Gasteiger partial charge on any atom is -0.371 e. The Kier molecular flexibility index (Phi) is 11.5. The molecule has 3 fully saturated rings. The Hall–Kier alpha value is -5.30. The van der Waals surface area contributed by atoms with Gasteiger partial charge in [0, 0.05) is 104 Å². The van der Waals surface area contributed by atoms with Crippen molar-refractivity contribution in [2.24, 2.45) is 5.41 Å². The summed E-state index contributed by atoms with van der Waals surface area (Å²) in [5.74, 6) is -0.623. The Labute approximate surface area is 321 Å². The number of likely N-dealkylation sites (tertiary alicyclic amines) is 1. The van der Waals surface area contributed by atoms with E-state index in [1.165, 1.54) is 18.2 Å². The molecule has 1 atom stereocenters. The molecule has 2 aromatic carbocycles. The van der Waals surface area contributed by atoms with E-state index in [4.69, 9.17) is 0 Å². The van der Waals surface area contributed by atoms with Crippen LogP contribution in [0.5, 0.6) is 0 Å². The highest BCUT2D eigenvalue weighted by atomic mass is 19.1. The van der Waals surface area contributed by atoms with Crippen molar-refractivity contribution in [2.75, 3.05) is 61.9 Å². The molecule has 13 heteroatoms. The maximum absolute atomic E-state index is 15.3. The Morgan fingerprint density at radius 3 is 2.47 bits per heavy atom. The van der Waals surface area contributed by atoms with Crippen molar-refractivity contribution in [3.05, 3.63) is 82.9 Å². The van der Waals surface area contributed by atoms with Gasteiger partial charge in [0.15, 0.2) is 0 Å². The van der Waals surface area contributed by atoms with Crippen LogP contribution in [0.25, 0.3) is 10.9 Å². The number of fused-ring (bicyclic) bond motifs is 2. The third-order valence-corrected chi connectivity index (χ3v) is 12.0. The van der Waals surface area contributed by atoms with E-state index in [1.54, 1.807) is 19.3 Å². The molecule has 3 saturated heterocycles. The zero-order chi connectivity index (χ0) is 38.5. The predicted molar refractivity (Wildman–Crippen MR) is 212 cm³/mol. The van der Waals surface area contributed by atoms with Crippen LogP contribution in [-0.4, -0.2) is 85.7 Å². The number of piperidine rings is 2. The summed E-state index contributed by atoms with van der Waals surface area (Å²) >= 11 is 0. The number of carbonyl (C=O) groups excluding carboxylic acids is 4. The number of nitrogens with zero attached hydrogens (tertiary/aromatic N) is 4. The molecule has 0 aliphatic carbocycles. The summed E-state index contributed by atoms with van der Waals surface area (Å²) in [5, 5.41) is 9.21. The van der Waals surface area contributed by atoms with Crippen LogP contribution in [0.2, 0.25) is 0 Å². The van der Waals surface area contributed by atoms with Crippen LogP contribution >= 0.6 is 0 Å². The second-order valence-corrected chi connectivity index (χ2v) is 15.3. The van der Waals surface area contributed by atoms with Gasteiger partial charge < -0.3 is 35.5 Å². The summed E-state index contributed by atoms with van der Waals surface area (Å²) in [5.41, 5.74) is 6.28. The predicted octanol–water partition coefficient (Wildman–Crippen LogP) is 5.95. The zero-order valence-electron chi connectivity index (χ0n) is 31.8. The summed E-state index contributed by atoms with van der Waals surface area (Å²) in [7, 11) is 3.72. The summed E-state index contributed by atoms with van der Waals surface area (Å²) in [4.78, 5) is 60.4. The Morgan fingerprint density at radius 1 is 1.02 bits per heavy atom. The minimum absolute atomic E-state index is 0.00292. The number of pyridine rings is 1. The fourth-order valence-electron chi connectivity index (χ4n) is 8.63. The maximum atomic E-state index is 15.3. The molecule has 55 heavy (non-hydrogen) atoms. The second kappa shape index (κ2) is 16.6. The molecule has 1 spiro atoms. The van der Waals surface area contributed by atoms with Gasteiger partial charge in [-0.3, -0.25) is 19.3 Å². The molecule has 0 bridgehead atoms. The Bertz CT molecular complexity index is 2050. The normalized spacial score (nSPS) is 19.1. The number of unbranched alkanes of at least 4 members (excludes halogenated alkanes) is 1. The highest BCUT2D eigenvalue weighted by Crippen LogP contribution is 2.44. The van der Waals surface area contributed by atoms with Crippen LogP contribution in [-0.2, 0) is 16.1 Å². The number of carbonyl (C=O) groups is 4. The van der Waals surface area contributed by atoms with E-state index in [1.807, 2.05) is 24.3 Å². The highest BCUT2D eigenvalue weighted by molar-refractivity contribution is 6.05. The van der Waals surface area contributed by atoms with E-state index < -0.39 is 11.7 Å². The van der Waals surface area contributed by atoms with Gasteiger partial charge in [-0.2, -0.15) is 0 Å². The summed E-state index contributed by atoms with van der Waals surface area (Å²) < 4.78 is 15.3. The smallest absolute Gasteiger partial charge is 0.259 e. The number of aromatic amines is 1. The number of amides is 3. The minimum atomic E-state index is -0.528. The largest absolute Gasteiger partial charge is 0.371 e. The lowest BCUT2D eigenvalue weighted by atomic mass is 9.71. The third kappa shape index (κ3) is 8.36. The molecule has 12 nitrogen and oxygen atoms in total. The van der Waals surface area contributed by atoms with Gasteiger partial charge in [-0.1, -0.05) is 6.07 Å². The van der Waals surface area contributed by atoms with Gasteiger partial charge >= 0.3 is 0 Å². The standard InChI is InChI=1S/C36H40FN7O2.C6H11NO2/c1-42-13-3-6-32(42)30-18-23-21-38-33(20-29(23)40-30)41-35(46)26-8-7-24(19-28(26)37)43-14-9-36(10-15-43)11-16-44(17-12-36)31-5-2-4-25-27(31)22-39-34(25)45;1-7-6(9)4-2-3-5-8/h2,4-5,7-8,18-21,32,40H,3,6,9-17,22H2,1H3,(H,39,45)(H,38,41,46);5H,2-4H2,1H3,(H,7,9). The molecule has 2 aromatic heterocycles. The molecular weight excluding hydrogens is 700 g/mol. The van der Waals surface area contributed by atoms with Crippen molar-refractivity contribution in [3.8, 4) is 0 Å². The lowest BCUT2D eigenvalue weighted by molar-refractivity contribution is -0.120. The van der Waals surface area contributed by atoms with Gasteiger partial charge in [0.05, 0.1) is 11.1 Å². The molecule has 6 heterocycles. The number of hydrogen-bond acceptors (Lipinski definition) is 8. The average molecular weight is 751 g/mol. The van der Waals surface area contributed by atoms with E-state index >= 15 is 4.39 Å². The fourth-order valence-corrected chi connectivity index (χ4v) is 8.63. The first-order valence-electron chi connectivity index (χ1n) is 19.5. The van der Waals surface area contributed by atoms with Crippen LogP contribution in [0.3, 0.4) is 0 Å². The van der Waals surface area contributed by atoms with Crippen molar-refractivity contribution in [2.45, 2.75) is 70.4 Å². The quantitative estimate of drug-likeness (QED) is 0.122. The van der Waals surface area contributed by atoms with Crippen LogP contribution in [0.1, 0.15) is 95.8 Å². The first kappa shape index (κ1) is 38.0. The van der Waals surface area contributed by atoms with Gasteiger partial charge in [0.2, 0.25) is 5.91 Å². The molecule has 4 N–H and O–H groups in total. The Balaban J connectivity index is 0.000000462. The Morgan fingerprint density at radius 2 is 1.78 bits per heavy atom. The maximum Gasteiger partial charge on any atom is 0.259 e. The molecule has 4 aromatic rings. The van der Waals surface area contributed by atoms with Crippen LogP contribution in [0.15, 0.2) is 54.7 Å². The van der Waals surface area contributed by atoms with E-state index in [2.05, 4.69) is 59.8 Å². The van der Waals surface area contributed by atoms with Gasteiger partial charge in [0.1, 0.15) is 17.9 Å². The second-order valence-electron chi connectivity index (χ2n) is 15.3. The number of nitrogens with one attached hydrogen (secondary N) is 4. The van der Waals surface area contributed by atoms with Crippen molar-refractivity contribution in [1.82, 2.24) is 25.5 Å². The van der Waals surface area contributed by atoms with E-state index in [-0.39, 0.29) is 17.4 Å². The van der Waals surface area contributed by atoms with Crippen molar-refractivity contribution in [1.29, 1.82) is 0 Å². The lowest BCUT2D eigenvalue weighted by Gasteiger charge is -2.48. The van der Waals surface area contributed by atoms with E-state index in [0.717, 1.165) is 105 Å². The molecule has 0 radical (unpaired) electrons. The topological polar surface area (TPSA) is 143 Å². The zero-order valence-corrected chi connectivity index (χ0v) is 31.8. The summed E-state index contributed by atoms with van der Waals surface area (Å²) in [6.45, 7) is 5.38. The number of hydrogen-bond donors (Lipinski definition) is 4. The van der Waals surface area contributed by atoms with Crippen LogP contribution in [0.4, 0.5) is 21.6 Å². The number of anilines is 3. The van der Waals surface area contributed by atoms with Gasteiger partial charge in [0.25, 0.3) is 11.8 Å². The molecule has 4 aliphatic heterocycles. The number of halogens is 1. The number of H-pyrrole nitrogens is 1. The molecule has 1 unspecified atom stereocenters. The first-order chi connectivity index (χ1) is 26.7. The first-order valence-corrected chi connectivity index (χ1v) is 19.5. The molecule has 3 amide bonds. The SMILES string of the molecule is CN1CCCC1c1cc2cnc(NC(=O)c3ccc(N4CCC5(CC4)CCN(c4cccc6c4CNC6=O)CC5)cc3F)cc2[nH]1.CNC(=O)CCCC=O. The molecule has 0 saturated carbocycles. The molecule has 8 rings (SSSR count). The third-order valence-electron chi connectivity index (χ3n) is 12.0. The van der Waals surface area contributed by atoms with Crippen molar-refractivity contribution < 1.29 is 23.6 Å². The van der Waals surface area contributed by atoms with Gasteiger partial charge in [-0.25, -0.2) is 9.37 Å². The van der Waals surface area contributed by atoms with Crippen LogP contribution in [0, 0.1) is 11.2 Å².